The number of carbonyl (C=O) groups is 1. The lowest BCUT2D eigenvalue weighted by molar-refractivity contribution is -0.101. The Hall–Kier alpha value is -1.14. The number of carbonyl (C=O) groups excluding carboxylic acids is 1. The van der Waals surface area contributed by atoms with Gasteiger partial charge in [0.1, 0.15) is 10.6 Å². The molecule has 0 saturated carbocycles. The number of thiazole rings is 1. The Labute approximate surface area is 136 Å². The van der Waals surface area contributed by atoms with Crippen LogP contribution in [0.1, 0.15) is 52.0 Å². The van der Waals surface area contributed by atoms with Gasteiger partial charge in [0, 0.05) is 18.1 Å². The van der Waals surface area contributed by atoms with Gasteiger partial charge in [-0.05, 0) is 40.0 Å². The highest BCUT2D eigenvalue weighted by atomic mass is 32.1. The number of piperidine rings is 1. The van der Waals surface area contributed by atoms with Crippen LogP contribution in [0.5, 0.6) is 0 Å². The molecule has 0 N–H and O–H groups in total. The first-order valence-electron chi connectivity index (χ1n) is 7.84. The molecule has 0 radical (unpaired) electrons. The molecular weight excluding hydrogens is 300 g/mol. The fourth-order valence-electron chi connectivity index (χ4n) is 2.63. The first-order valence-corrected chi connectivity index (χ1v) is 8.72. The maximum absolute atomic E-state index is 12.3. The second-order valence-electron chi connectivity index (χ2n) is 6.76. The van der Waals surface area contributed by atoms with Gasteiger partial charge < -0.3 is 14.4 Å². The fourth-order valence-corrected chi connectivity index (χ4v) is 3.16. The smallest absolute Gasteiger partial charge is 0.410 e. The van der Waals surface area contributed by atoms with Crippen LogP contribution in [0.3, 0.4) is 0 Å². The monoisotopic (exact) mass is 326 g/mol. The molecular formula is C16H26N2O3S. The lowest BCUT2D eigenvalue weighted by atomic mass is 9.90. The van der Waals surface area contributed by atoms with E-state index in [1.54, 1.807) is 22.4 Å². The van der Waals surface area contributed by atoms with E-state index < -0.39 is 5.60 Å². The van der Waals surface area contributed by atoms with E-state index in [0.29, 0.717) is 13.2 Å². The van der Waals surface area contributed by atoms with Crippen LogP contribution in [0, 0.1) is 0 Å². The van der Waals surface area contributed by atoms with Crippen molar-refractivity contribution in [2.75, 3.05) is 13.1 Å². The molecule has 0 spiro atoms. The van der Waals surface area contributed by atoms with E-state index in [1.165, 1.54) is 0 Å². The molecule has 124 valence electrons. The Bertz CT molecular complexity index is 484. The molecule has 1 unspecified atom stereocenters. The van der Waals surface area contributed by atoms with Crippen molar-refractivity contribution < 1.29 is 14.3 Å². The van der Waals surface area contributed by atoms with Gasteiger partial charge in [0.25, 0.3) is 0 Å². The molecule has 1 aliphatic heterocycles. The number of ether oxygens (including phenoxy) is 2. The Balaban J connectivity index is 1.97. The minimum Gasteiger partial charge on any atom is -0.444 e. The molecule has 0 aromatic carbocycles. The summed E-state index contributed by atoms with van der Waals surface area (Å²) in [6.07, 6.45) is 4.31. The summed E-state index contributed by atoms with van der Waals surface area (Å²) in [6.45, 7) is 9.61. The number of hydrogen-bond donors (Lipinski definition) is 0. The van der Waals surface area contributed by atoms with Gasteiger partial charge >= 0.3 is 6.09 Å². The van der Waals surface area contributed by atoms with Gasteiger partial charge in [0.15, 0.2) is 0 Å². The zero-order valence-corrected chi connectivity index (χ0v) is 14.7. The van der Waals surface area contributed by atoms with Crippen LogP contribution in [-0.4, -0.2) is 40.3 Å². The predicted octanol–water partition coefficient (Wildman–Crippen LogP) is 3.84. The van der Waals surface area contributed by atoms with Gasteiger partial charge in [0.2, 0.25) is 0 Å². The lowest BCUT2D eigenvalue weighted by Crippen LogP contribution is -2.52. The van der Waals surface area contributed by atoms with E-state index in [9.17, 15) is 4.79 Å². The van der Waals surface area contributed by atoms with Gasteiger partial charge in [-0.25, -0.2) is 9.78 Å². The minimum atomic E-state index is -0.467. The van der Waals surface area contributed by atoms with Crippen molar-refractivity contribution in [3.63, 3.8) is 0 Å². The summed E-state index contributed by atoms with van der Waals surface area (Å²) >= 11 is 1.59. The fraction of sp³-hybridized carbons (Fsp3) is 0.750. The molecule has 6 heteroatoms. The summed E-state index contributed by atoms with van der Waals surface area (Å²) in [6, 6.07) is 0. The Morgan fingerprint density at radius 3 is 2.86 bits per heavy atom. The zero-order chi connectivity index (χ0) is 16.2. The van der Waals surface area contributed by atoms with E-state index >= 15 is 0 Å². The summed E-state index contributed by atoms with van der Waals surface area (Å²) in [7, 11) is 0. The van der Waals surface area contributed by atoms with Crippen molar-refractivity contribution in [1.29, 1.82) is 0 Å². The van der Waals surface area contributed by atoms with Crippen LogP contribution in [0.15, 0.2) is 11.6 Å². The number of amides is 1. The minimum absolute atomic E-state index is 0.247. The van der Waals surface area contributed by atoms with Gasteiger partial charge in [-0.15, -0.1) is 11.3 Å². The first kappa shape index (κ1) is 17.2. The summed E-state index contributed by atoms with van der Waals surface area (Å²) < 4.78 is 11.7. The maximum Gasteiger partial charge on any atom is 0.410 e. The largest absolute Gasteiger partial charge is 0.444 e. The normalized spacial score (nSPS) is 22.6. The average molecular weight is 326 g/mol. The Kier molecular flexibility index (Phi) is 5.45. The summed E-state index contributed by atoms with van der Waals surface area (Å²) in [5.41, 5.74) is -0.758. The van der Waals surface area contributed by atoms with Gasteiger partial charge in [-0.1, -0.05) is 6.92 Å². The van der Waals surface area contributed by atoms with Crippen molar-refractivity contribution in [2.24, 2.45) is 0 Å². The van der Waals surface area contributed by atoms with Gasteiger partial charge in [0.05, 0.1) is 18.8 Å². The van der Waals surface area contributed by atoms with Crippen molar-refractivity contribution in [3.8, 4) is 0 Å². The molecule has 0 aliphatic carbocycles. The first-order chi connectivity index (χ1) is 10.3. The van der Waals surface area contributed by atoms with Crippen molar-refractivity contribution in [1.82, 2.24) is 9.88 Å². The summed E-state index contributed by atoms with van der Waals surface area (Å²) in [5, 5.41) is 2.92. The molecule has 1 aliphatic rings. The topological polar surface area (TPSA) is 51.7 Å². The SMILES string of the molecule is CCC1(OCc2nccs2)CCCN(C(=O)OC(C)(C)C)C1. The maximum atomic E-state index is 12.3. The van der Waals surface area contributed by atoms with Crippen molar-refractivity contribution >= 4 is 17.4 Å². The average Bonchev–Trinajstić information content (AvgIpc) is 2.97. The highest BCUT2D eigenvalue weighted by Gasteiger charge is 2.38. The summed E-state index contributed by atoms with van der Waals surface area (Å²) in [5.74, 6) is 0. The standard InChI is InChI=1S/C16H26N2O3S/c1-5-16(20-11-13-17-8-10-22-13)7-6-9-18(12-16)14(19)21-15(2,3)4/h8,10H,5-7,9,11-12H2,1-4H3. The molecule has 0 bridgehead atoms. The number of aromatic nitrogens is 1. The lowest BCUT2D eigenvalue weighted by Gasteiger charge is -2.42. The molecule has 1 fully saturated rings. The van der Waals surface area contributed by atoms with Crippen LogP contribution < -0.4 is 0 Å². The van der Waals surface area contributed by atoms with E-state index in [-0.39, 0.29) is 11.7 Å². The highest BCUT2D eigenvalue weighted by Crippen LogP contribution is 2.30. The van der Waals surface area contributed by atoms with E-state index in [4.69, 9.17) is 9.47 Å². The van der Waals surface area contributed by atoms with Crippen molar-refractivity contribution in [3.05, 3.63) is 16.6 Å². The zero-order valence-electron chi connectivity index (χ0n) is 13.9. The number of hydrogen-bond acceptors (Lipinski definition) is 5. The molecule has 5 nitrogen and oxygen atoms in total. The van der Waals surface area contributed by atoms with Crippen LogP contribution in [-0.2, 0) is 16.1 Å². The number of nitrogens with zero attached hydrogens (tertiary/aromatic N) is 2. The van der Waals surface area contributed by atoms with Crippen LogP contribution in [0.25, 0.3) is 0 Å². The molecule has 1 atom stereocenters. The van der Waals surface area contributed by atoms with Crippen LogP contribution in [0.4, 0.5) is 4.79 Å². The molecule has 1 aromatic heterocycles. The van der Waals surface area contributed by atoms with E-state index in [1.807, 2.05) is 26.2 Å². The third-order valence-corrected chi connectivity index (χ3v) is 4.57. The van der Waals surface area contributed by atoms with E-state index in [0.717, 1.165) is 30.8 Å². The molecule has 2 heterocycles. The third kappa shape index (κ3) is 4.68. The van der Waals surface area contributed by atoms with Crippen LogP contribution in [0.2, 0.25) is 0 Å². The Morgan fingerprint density at radius 1 is 1.50 bits per heavy atom. The van der Waals surface area contributed by atoms with Crippen LogP contribution >= 0.6 is 11.3 Å². The molecule has 1 saturated heterocycles. The molecule has 1 amide bonds. The highest BCUT2D eigenvalue weighted by molar-refractivity contribution is 7.09. The van der Waals surface area contributed by atoms with Crippen molar-refractivity contribution in [2.45, 2.75) is 64.8 Å². The molecule has 2 rings (SSSR count). The number of likely N-dealkylation sites (tertiary alicyclic amines) is 1. The predicted molar refractivity (Wildman–Crippen MR) is 87.0 cm³/mol. The summed E-state index contributed by atoms with van der Waals surface area (Å²) in [4.78, 5) is 18.3. The van der Waals surface area contributed by atoms with Gasteiger partial charge in [-0.3, -0.25) is 0 Å². The second kappa shape index (κ2) is 6.96. The third-order valence-electron chi connectivity index (χ3n) is 3.82. The number of rotatable bonds is 4. The quantitative estimate of drug-likeness (QED) is 0.843. The Morgan fingerprint density at radius 2 is 2.27 bits per heavy atom. The molecule has 22 heavy (non-hydrogen) atoms. The molecule has 1 aromatic rings. The second-order valence-corrected chi connectivity index (χ2v) is 7.74. The van der Waals surface area contributed by atoms with Gasteiger partial charge in [-0.2, -0.15) is 0 Å². The van der Waals surface area contributed by atoms with E-state index in [2.05, 4.69) is 11.9 Å².